The molecule has 0 bridgehead atoms. The lowest BCUT2D eigenvalue weighted by Gasteiger charge is -2.31. The largest absolute Gasteiger partial charge is 0.467 e. The Hall–Kier alpha value is -2.36. The fraction of sp³-hybridized carbons (Fsp3) is 0.818. The van der Waals surface area contributed by atoms with Crippen molar-refractivity contribution < 1.29 is 28.7 Å². The zero-order valence-corrected chi connectivity index (χ0v) is 20.2. The second-order valence-electron chi connectivity index (χ2n) is 9.43. The third kappa shape index (κ3) is 8.64. The van der Waals surface area contributed by atoms with Gasteiger partial charge in [0.1, 0.15) is 23.7 Å². The van der Waals surface area contributed by atoms with Crippen molar-refractivity contribution in [2.45, 2.75) is 90.4 Å². The molecule has 3 amide bonds. The molecule has 0 unspecified atom stereocenters. The van der Waals surface area contributed by atoms with Crippen LogP contribution in [0.5, 0.6) is 0 Å². The highest BCUT2D eigenvalue weighted by molar-refractivity contribution is 5.93. The SMILES string of the molecule is COC(=O)[C@@H]1CCCN1C(=O)[C@@H](NC(=O)[C@H](CCCCN)NC(=O)OC(C)(C)C)C(C)C. The summed E-state index contributed by atoms with van der Waals surface area (Å²) in [5.41, 5.74) is 4.84. The highest BCUT2D eigenvalue weighted by Crippen LogP contribution is 2.21. The van der Waals surface area contributed by atoms with Gasteiger partial charge in [-0.1, -0.05) is 13.8 Å². The number of esters is 1. The summed E-state index contributed by atoms with van der Waals surface area (Å²) in [6.45, 7) is 9.73. The molecule has 0 spiro atoms. The Bertz CT molecular complexity index is 661. The van der Waals surface area contributed by atoms with Crippen LogP contribution in [0.25, 0.3) is 0 Å². The quantitative estimate of drug-likeness (QED) is 0.333. The first kappa shape index (κ1) is 27.7. The molecule has 1 aliphatic rings. The fourth-order valence-corrected chi connectivity index (χ4v) is 3.57. The average molecular weight is 457 g/mol. The van der Waals surface area contributed by atoms with Gasteiger partial charge in [-0.15, -0.1) is 0 Å². The summed E-state index contributed by atoms with van der Waals surface area (Å²) in [6, 6.07) is -2.36. The molecule has 0 aromatic carbocycles. The summed E-state index contributed by atoms with van der Waals surface area (Å²) < 4.78 is 10.1. The molecule has 0 radical (unpaired) electrons. The van der Waals surface area contributed by atoms with Gasteiger partial charge in [-0.25, -0.2) is 9.59 Å². The standard InChI is InChI=1S/C22H40N4O6/c1-14(2)17(19(28)26-13-9-11-16(26)20(29)31-6)25-18(27)15(10-7-8-12-23)24-21(30)32-22(3,4)5/h14-17H,7-13,23H2,1-6H3,(H,24,30)(H,25,27)/t15-,16-,17-/m0/s1. The van der Waals surface area contributed by atoms with Crippen LogP contribution in [0, 0.1) is 5.92 Å². The smallest absolute Gasteiger partial charge is 0.408 e. The van der Waals surface area contributed by atoms with Gasteiger partial charge in [-0.05, 0) is 65.3 Å². The number of alkyl carbamates (subject to hydrolysis) is 1. The number of ether oxygens (including phenoxy) is 2. The maximum atomic E-state index is 13.2. The monoisotopic (exact) mass is 456 g/mol. The van der Waals surface area contributed by atoms with Crippen molar-refractivity contribution in [2.24, 2.45) is 11.7 Å². The molecule has 10 nitrogen and oxygen atoms in total. The predicted octanol–water partition coefficient (Wildman–Crippen LogP) is 1.31. The Morgan fingerprint density at radius 3 is 2.31 bits per heavy atom. The Balaban J connectivity index is 2.95. The van der Waals surface area contributed by atoms with E-state index < -0.39 is 41.7 Å². The van der Waals surface area contributed by atoms with Gasteiger partial charge >= 0.3 is 12.1 Å². The molecule has 10 heteroatoms. The maximum Gasteiger partial charge on any atom is 0.408 e. The molecule has 0 aromatic heterocycles. The minimum atomic E-state index is -0.875. The van der Waals surface area contributed by atoms with E-state index in [0.29, 0.717) is 45.2 Å². The van der Waals surface area contributed by atoms with Crippen molar-refractivity contribution in [1.82, 2.24) is 15.5 Å². The third-order valence-corrected chi connectivity index (χ3v) is 5.19. The van der Waals surface area contributed by atoms with Crippen LogP contribution in [0.4, 0.5) is 4.79 Å². The normalized spacial score (nSPS) is 18.1. The first-order valence-electron chi connectivity index (χ1n) is 11.3. The van der Waals surface area contributed by atoms with Gasteiger partial charge < -0.3 is 30.7 Å². The van der Waals surface area contributed by atoms with Crippen LogP contribution >= 0.6 is 0 Å². The number of carbonyl (C=O) groups is 4. The zero-order chi connectivity index (χ0) is 24.5. The van der Waals surface area contributed by atoms with Crippen molar-refractivity contribution in [3.63, 3.8) is 0 Å². The van der Waals surface area contributed by atoms with Gasteiger partial charge in [0.25, 0.3) is 0 Å². The van der Waals surface area contributed by atoms with E-state index >= 15 is 0 Å². The Labute approximate surface area is 190 Å². The summed E-state index contributed by atoms with van der Waals surface area (Å²) in [5.74, 6) is -1.50. The van der Waals surface area contributed by atoms with Crippen LogP contribution < -0.4 is 16.4 Å². The fourth-order valence-electron chi connectivity index (χ4n) is 3.57. The van der Waals surface area contributed by atoms with E-state index in [-0.39, 0.29) is 11.8 Å². The highest BCUT2D eigenvalue weighted by atomic mass is 16.6. The van der Waals surface area contributed by atoms with Crippen LogP contribution in [-0.2, 0) is 23.9 Å². The Morgan fingerprint density at radius 1 is 1.12 bits per heavy atom. The first-order chi connectivity index (χ1) is 14.9. The summed E-state index contributed by atoms with van der Waals surface area (Å²) in [7, 11) is 1.29. The molecule has 4 N–H and O–H groups in total. The van der Waals surface area contributed by atoms with Crippen molar-refractivity contribution in [1.29, 1.82) is 0 Å². The van der Waals surface area contributed by atoms with Gasteiger partial charge in [-0.3, -0.25) is 9.59 Å². The predicted molar refractivity (Wildman–Crippen MR) is 120 cm³/mol. The van der Waals surface area contributed by atoms with Gasteiger partial charge in [-0.2, -0.15) is 0 Å². The number of nitrogens with zero attached hydrogens (tertiary/aromatic N) is 1. The lowest BCUT2D eigenvalue weighted by molar-refractivity contribution is -0.152. The van der Waals surface area contributed by atoms with Crippen LogP contribution in [0.15, 0.2) is 0 Å². The van der Waals surface area contributed by atoms with Crippen LogP contribution in [0.3, 0.4) is 0 Å². The van der Waals surface area contributed by atoms with Gasteiger partial charge in [0.15, 0.2) is 0 Å². The van der Waals surface area contributed by atoms with E-state index in [0.717, 1.165) is 0 Å². The van der Waals surface area contributed by atoms with Crippen molar-refractivity contribution >= 4 is 23.9 Å². The van der Waals surface area contributed by atoms with E-state index in [9.17, 15) is 19.2 Å². The summed E-state index contributed by atoms with van der Waals surface area (Å²) >= 11 is 0. The molecular weight excluding hydrogens is 416 g/mol. The van der Waals surface area contributed by atoms with Crippen LogP contribution in [0.2, 0.25) is 0 Å². The number of nitrogens with two attached hydrogens (primary N) is 1. The number of amides is 3. The molecule has 1 aliphatic heterocycles. The number of hydrogen-bond donors (Lipinski definition) is 3. The number of carbonyl (C=O) groups excluding carboxylic acids is 4. The molecule has 1 fully saturated rings. The lowest BCUT2D eigenvalue weighted by atomic mass is 10.0. The first-order valence-corrected chi connectivity index (χ1v) is 11.3. The van der Waals surface area contributed by atoms with E-state index in [1.807, 2.05) is 13.8 Å². The minimum absolute atomic E-state index is 0.225. The summed E-state index contributed by atoms with van der Waals surface area (Å²) in [4.78, 5) is 52.1. The summed E-state index contributed by atoms with van der Waals surface area (Å²) in [5, 5.41) is 5.39. The van der Waals surface area contributed by atoms with Crippen molar-refractivity contribution in [3.8, 4) is 0 Å². The molecule has 3 atom stereocenters. The maximum absolute atomic E-state index is 13.2. The van der Waals surface area contributed by atoms with E-state index in [4.69, 9.17) is 15.2 Å². The third-order valence-electron chi connectivity index (χ3n) is 5.19. The van der Waals surface area contributed by atoms with Gasteiger partial charge in [0.2, 0.25) is 11.8 Å². The minimum Gasteiger partial charge on any atom is -0.467 e. The zero-order valence-electron chi connectivity index (χ0n) is 20.2. The molecule has 184 valence electrons. The molecule has 0 aromatic rings. The second kappa shape index (κ2) is 12.6. The number of likely N-dealkylation sites (tertiary alicyclic amines) is 1. The van der Waals surface area contributed by atoms with E-state index in [2.05, 4.69) is 10.6 Å². The Kier molecular flexibility index (Phi) is 10.9. The molecular formula is C22H40N4O6. The molecule has 1 saturated heterocycles. The molecule has 1 rings (SSSR count). The highest BCUT2D eigenvalue weighted by Gasteiger charge is 2.39. The van der Waals surface area contributed by atoms with E-state index in [1.165, 1.54) is 12.0 Å². The van der Waals surface area contributed by atoms with Crippen LogP contribution in [-0.4, -0.2) is 72.7 Å². The number of unbranched alkanes of at least 4 members (excludes halogenated alkanes) is 1. The molecule has 0 saturated carbocycles. The average Bonchev–Trinajstić information content (AvgIpc) is 3.18. The van der Waals surface area contributed by atoms with Crippen LogP contribution in [0.1, 0.15) is 66.7 Å². The van der Waals surface area contributed by atoms with Crippen molar-refractivity contribution in [3.05, 3.63) is 0 Å². The van der Waals surface area contributed by atoms with Crippen molar-refractivity contribution in [2.75, 3.05) is 20.2 Å². The summed E-state index contributed by atoms with van der Waals surface area (Å²) in [6.07, 6.45) is 2.19. The molecule has 1 heterocycles. The number of rotatable bonds is 10. The Morgan fingerprint density at radius 2 is 1.78 bits per heavy atom. The number of methoxy groups -OCH3 is 1. The number of hydrogen-bond acceptors (Lipinski definition) is 7. The lowest BCUT2D eigenvalue weighted by Crippen LogP contribution is -2.57. The van der Waals surface area contributed by atoms with Gasteiger partial charge in [0.05, 0.1) is 7.11 Å². The molecule has 0 aliphatic carbocycles. The molecule has 32 heavy (non-hydrogen) atoms. The van der Waals surface area contributed by atoms with E-state index in [1.54, 1.807) is 20.8 Å². The topological polar surface area (TPSA) is 140 Å². The second-order valence-corrected chi connectivity index (χ2v) is 9.43. The number of nitrogens with one attached hydrogen (secondary N) is 2. The van der Waals surface area contributed by atoms with Gasteiger partial charge in [0, 0.05) is 6.54 Å².